The predicted molar refractivity (Wildman–Crippen MR) is 90.4 cm³/mol. The van der Waals surface area contributed by atoms with Crippen LogP contribution in [0.1, 0.15) is 30.5 Å². The van der Waals surface area contributed by atoms with Crippen molar-refractivity contribution in [2.75, 3.05) is 0 Å². The lowest BCUT2D eigenvalue weighted by Crippen LogP contribution is -2.36. The summed E-state index contributed by atoms with van der Waals surface area (Å²) in [5, 5.41) is 7.37. The summed E-state index contributed by atoms with van der Waals surface area (Å²) in [6.07, 6.45) is -0.432. The first kappa shape index (κ1) is 16.5. The molecular formula is C18H16ClFN2O2. The number of hydrogen-bond acceptors (Lipinski definition) is 3. The van der Waals surface area contributed by atoms with Crippen LogP contribution in [0.25, 0.3) is 0 Å². The number of halogens is 2. The maximum absolute atomic E-state index is 13.3. The lowest BCUT2D eigenvalue weighted by atomic mass is 10.0. The van der Waals surface area contributed by atoms with Crippen molar-refractivity contribution in [1.82, 2.24) is 5.32 Å². The molecule has 0 radical (unpaired) electrons. The Morgan fingerprint density at radius 2 is 2.12 bits per heavy atom. The minimum atomic E-state index is -0.729. The van der Waals surface area contributed by atoms with Crippen molar-refractivity contribution in [3.8, 4) is 0 Å². The minimum absolute atomic E-state index is 0.256. The zero-order valence-electron chi connectivity index (χ0n) is 13.0. The molecule has 2 aromatic rings. The highest BCUT2D eigenvalue weighted by Gasteiger charge is 2.30. The first-order chi connectivity index (χ1) is 11.5. The maximum Gasteiger partial charge on any atom is 0.264 e. The fraction of sp³-hybridized carbons (Fsp3) is 0.222. The van der Waals surface area contributed by atoms with E-state index in [1.165, 1.54) is 12.1 Å². The summed E-state index contributed by atoms with van der Waals surface area (Å²) in [4.78, 5) is 17.6. The Hall–Kier alpha value is -2.40. The molecule has 1 aliphatic heterocycles. The zero-order chi connectivity index (χ0) is 17.1. The standard InChI is InChI=1S/C18H16ClFN2O2/c1-11(14-7-2-3-8-15(14)19)21-18(23)17-10-16(22-24-17)12-5-4-6-13(20)9-12/h2-9,11,17H,10H2,1H3,(H,21,23). The Kier molecular flexibility index (Phi) is 4.81. The van der Waals surface area contributed by atoms with E-state index in [0.29, 0.717) is 22.7 Å². The molecule has 0 bridgehead atoms. The van der Waals surface area contributed by atoms with Gasteiger partial charge in [-0.1, -0.05) is 47.1 Å². The molecular weight excluding hydrogens is 331 g/mol. The Morgan fingerprint density at radius 1 is 1.33 bits per heavy atom. The summed E-state index contributed by atoms with van der Waals surface area (Å²) in [6, 6.07) is 13.1. The van der Waals surface area contributed by atoms with Crippen molar-refractivity contribution >= 4 is 23.2 Å². The van der Waals surface area contributed by atoms with Crippen LogP contribution in [0.15, 0.2) is 53.7 Å². The van der Waals surface area contributed by atoms with Gasteiger partial charge in [0.1, 0.15) is 5.82 Å². The van der Waals surface area contributed by atoms with Crippen LogP contribution < -0.4 is 5.32 Å². The average molecular weight is 347 g/mol. The predicted octanol–water partition coefficient (Wildman–Crippen LogP) is 3.85. The molecule has 0 aromatic heterocycles. The van der Waals surface area contributed by atoms with Crippen molar-refractivity contribution in [3.63, 3.8) is 0 Å². The lowest BCUT2D eigenvalue weighted by molar-refractivity contribution is -0.131. The molecule has 0 saturated heterocycles. The van der Waals surface area contributed by atoms with E-state index in [-0.39, 0.29) is 17.8 Å². The number of nitrogens with zero attached hydrogens (tertiary/aromatic N) is 1. The van der Waals surface area contributed by atoms with Crippen LogP contribution in [0.3, 0.4) is 0 Å². The number of benzene rings is 2. The zero-order valence-corrected chi connectivity index (χ0v) is 13.8. The van der Waals surface area contributed by atoms with Crippen LogP contribution in [0, 0.1) is 5.82 Å². The van der Waals surface area contributed by atoms with Gasteiger partial charge in [0.2, 0.25) is 6.10 Å². The Balaban J connectivity index is 1.63. The summed E-state index contributed by atoms with van der Waals surface area (Å²) in [5.74, 6) is -0.631. The third-order valence-electron chi connectivity index (χ3n) is 3.85. The molecule has 2 unspecified atom stereocenters. The number of amides is 1. The smallest absolute Gasteiger partial charge is 0.264 e. The van der Waals surface area contributed by atoms with Gasteiger partial charge in [-0.2, -0.15) is 0 Å². The highest BCUT2D eigenvalue weighted by Crippen LogP contribution is 2.23. The summed E-state index contributed by atoms with van der Waals surface area (Å²) in [6.45, 7) is 1.85. The second-order valence-electron chi connectivity index (χ2n) is 5.60. The molecule has 4 nitrogen and oxygen atoms in total. The van der Waals surface area contributed by atoms with Crippen LogP contribution >= 0.6 is 11.6 Å². The monoisotopic (exact) mass is 346 g/mol. The first-order valence-corrected chi connectivity index (χ1v) is 7.96. The van der Waals surface area contributed by atoms with E-state index in [4.69, 9.17) is 16.4 Å². The fourth-order valence-corrected chi connectivity index (χ4v) is 2.87. The van der Waals surface area contributed by atoms with Gasteiger partial charge in [-0.25, -0.2) is 4.39 Å². The van der Waals surface area contributed by atoms with Gasteiger partial charge in [0.15, 0.2) is 0 Å². The third-order valence-corrected chi connectivity index (χ3v) is 4.19. The van der Waals surface area contributed by atoms with E-state index < -0.39 is 6.10 Å². The van der Waals surface area contributed by atoms with E-state index >= 15 is 0 Å². The van der Waals surface area contributed by atoms with Crippen molar-refractivity contribution in [2.45, 2.75) is 25.5 Å². The summed E-state index contributed by atoms with van der Waals surface area (Å²) in [5.41, 5.74) is 2.00. The third kappa shape index (κ3) is 3.57. The van der Waals surface area contributed by atoms with E-state index in [1.54, 1.807) is 18.2 Å². The van der Waals surface area contributed by atoms with Gasteiger partial charge in [0, 0.05) is 17.0 Å². The molecule has 0 fully saturated rings. The van der Waals surface area contributed by atoms with E-state index in [0.717, 1.165) is 5.56 Å². The molecule has 2 atom stereocenters. The summed E-state index contributed by atoms with van der Waals surface area (Å²) >= 11 is 6.14. The molecule has 124 valence electrons. The van der Waals surface area contributed by atoms with Crippen LogP contribution in [-0.4, -0.2) is 17.7 Å². The number of nitrogens with one attached hydrogen (secondary N) is 1. The van der Waals surface area contributed by atoms with E-state index in [2.05, 4.69) is 10.5 Å². The van der Waals surface area contributed by atoms with Gasteiger partial charge >= 0.3 is 0 Å². The lowest BCUT2D eigenvalue weighted by Gasteiger charge is -2.17. The quantitative estimate of drug-likeness (QED) is 0.914. The topological polar surface area (TPSA) is 50.7 Å². The molecule has 1 N–H and O–H groups in total. The average Bonchev–Trinajstić information content (AvgIpc) is 3.05. The molecule has 0 saturated carbocycles. The largest absolute Gasteiger partial charge is 0.382 e. The number of hydrogen-bond donors (Lipinski definition) is 1. The molecule has 3 rings (SSSR count). The second kappa shape index (κ2) is 7.01. The normalized spacial score (nSPS) is 17.8. The number of rotatable bonds is 4. The Morgan fingerprint density at radius 3 is 2.88 bits per heavy atom. The Bertz CT molecular complexity index is 794. The number of oxime groups is 1. The van der Waals surface area contributed by atoms with E-state index in [9.17, 15) is 9.18 Å². The van der Waals surface area contributed by atoms with Crippen LogP contribution in [0.5, 0.6) is 0 Å². The maximum atomic E-state index is 13.3. The second-order valence-corrected chi connectivity index (χ2v) is 6.01. The van der Waals surface area contributed by atoms with Crippen molar-refractivity contribution in [1.29, 1.82) is 0 Å². The molecule has 1 heterocycles. The fourth-order valence-electron chi connectivity index (χ4n) is 2.57. The summed E-state index contributed by atoms with van der Waals surface area (Å²) in [7, 11) is 0. The van der Waals surface area contributed by atoms with Crippen LogP contribution in [0.4, 0.5) is 4.39 Å². The number of carbonyl (C=O) groups excluding carboxylic acids is 1. The van der Waals surface area contributed by atoms with Gasteiger partial charge in [0.25, 0.3) is 5.91 Å². The van der Waals surface area contributed by atoms with Crippen molar-refractivity contribution in [3.05, 3.63) is 70.5 Å². The highest BCUT2D eigenvalue weighted by molar-refractivity contribution is 6.31. The molecule has 0 spiro atoms. The van der Waals surface area contributed by atoms with Gasteiger partial charge in [0.05, 0.1) is 11.8 Å². The van der Waals surface area contributed by atoms with Gasteiger partial charge in [-0.05, 0) is 30.7 Å². The number of carbonyl (C=O) groups is 1. The molecule has 2 aromatic carbocycles. The highest BCUT2D eigenvalue weighted by atomic mass is 35.5. The van der Waals surface area contributed by atoms with Crippen LogP contribution in [-0.2, 0) is 9.63 Å². The van der Waals surface area contributed by atoms with Gasteiger partial charge in [-0.15, -0.1) is 0 Å². The van der Waals surface area contributed by atoms with Crippen molar-refractivity contribution in [2.24, 2.45) is 5.16 Å². The van der Waals surface area contributed by atoms with Gasteiger partial charge in [-0.3, -0.25) is 4.79 Å². The Labute approximate surface area is 144 Å². The van der Waals surface area contributed by atoms with Gasteiger partial charge < -0.3 is 10.2 Å². The molecule has 1 aliphatic rings. The van der Waals surface area contributed by atoms with Crippen molar-refractivity contribution < 1.29 is 14.0 Å². The molecule has 24 heavy (non-hydrogen) atoms. The first-order valence-electron chi connectivity index (χ1n) is 7.58. The molecule has 6 heteroatoms. The van der Waals surface area contributed by atoms with E-state index in [1.807, 2.05) is 25.1 Å². The minimum Gasteiger partial charge on any atom is -0.382 e. The van der Waals surface area contributed by atoms with Crippen LogP contribution in [0.2, 0.25) is 5.02 Å². The molecule has 1 amide bonds. The molecule has 0 aliphatic carbocycles. The SMILES string of the molecule is CC(NC(=O)C1CC(c2cccc(F)c2)=NO1)c1ccccc1Cl. The summed E-state index contributed by atoms with van der Waals surface area (Å²) < 4.78 is 13.3.